The zero-order valence-electron chi connectivity index (χ0n) is 20.6. The Kier molecular flexibility index (Phi) is 7.61. The number of rotatable bonds is 8. The van der Waals surface area contributed by atoms with E-state index in [-0.39, 0.29) is 18.1 Å². The second-order valence-electron chi connectivity index (χ2n) is 8.80. The standard InChI is InChI=1S/C28H29N5O4/c1-3-19-7-5-8-20(13-19)31-28-21-14-23(24(35-4-2)15-22(21)29-18-30-28)32-27(34)9-6-10-33-16-25-26(17-33)37-12-11-36-25/h1,5-9,13-15,18,25-26H,4,10-12,16-17H2,2H3,(H,32,34)(H,29,30,31)/t25-,26+. The number of nitrogens with one attached hydrogen (secondary N) is 2. The number of amides is 1. The predicted molar refractivity (Wildman–Crippen MR) is 142 cm³/mol. The molecular formula is C28H29N5O4. The summed E-state index contributed by atoms with van der Waals surface area (Å²) in [6, 6.07) is 11.1. The summed E-state index contributed by atoms with van der Waals surface area (Å²) >= 11 is 0. The van der Waals surface area contributed by atoms with Crippen molar-refractivity contribution < 1.29 is 19.0 Å². The van der Waals surface area contributed by atoms with Crippen molar-refractivity contribution in [1.29, 1.82) is 0 Å². The van der Waals surface area contributed by atoms with Crippen LogP contribution in [0.3, 0.4) is 0 Å². The third-order valence-corrected chi connectivity index (χ3v) is 6.26. The number of hydrogen-bond donors (Lipinski definition) is 2. The van der Waals surface area contributed by atoms with Gasteiger partial charge in [-0.15, -0.1) is 6.42 Å². The lowest BCUT2D eigenvalue weighted by Gasteiger charge is -2.24. The molecule has 2 aliphatic rings. The average molecular weight is 500 g/mol. The fraction of sp³-hybridized carbons (Fsp3) is 0.321. The van der Waals surface area contributed by atoms with Crippen molar-refractivity contribution >= 4 is 34.0 Å². The lowest BCUT2D eigenvalue weighted by Crippen LogP contribution is -2.36. The van der Waals surface area contributed by atoms with Crippen LogP contribution in [0.5, 0.6) is 5.75 Å². The molecule has 2 atom stereocenters. The molecule has 1 aromatic heterocycles. The van der Waals surface area contributed by atoms with Crippen molar-refractivity contribution in [3.63, 3.8) is 0 Å². The highest BCUT2D eigenvalue weighted by atomic mass is 16.6. The van der Waals surface area contributed by atoms with Crippen LogP contribution < -0.4 is 15.4 Å². The molecule has 5 rings (SSSR count). The van der Waals surface area contributed by atoms with Gasteiger partial charge in [-0.3, -0.25) is 9.69 Å². The monoisotopic (exact) mass is 499 g/mol. The number of carbonyl (C=O) groups is 1. The number of anilines is 3. The predicted octanol–water partition coefficient (Wildman–Crippen LogP) is 3.35. The van der Waals surface area contributed by atoms with Crippen molar-refractivity contribution in [2.75, 3.05) is 50.1 Å². The molecule has 0 bridgehead atoms. The summed E-state index contributed by atoms with van der Waals surface area (Å²) < 4.78 is 17.3. The first-order valence-corrected chi connectivity index (χ1v) is 12.3. The normalized spacial score (nSPS) is 19.5. The van der Waals surface area contributed by atoms with Crippen molar-refractivity contribution in [3.05, 3.63) is 60.4 Å². The fourth-order valence-corrected chi connectivity index (χ4v) is 4.55. The number of hydrogen-bond acceptors (Lipinski definition) is 8. The Bertz CT molecular complexity index is 1340. The third-order valence-electron chi connectivity index (χ3n) is 6.26. The molecule has 3 heterocycles. The van der Waals surface area contributed by atoms with Crippen LogP contribution in [0.4, 0.5) is 17.2 Å². The smallest absolute Gasteiger partial charge is 0.248 e. The van der Waals surface area contributed by atoms with E-state index in [9.17, 15) is 4.79 Å². The second kappa shape index (κ2) is 11.4. The molecular weight excluding hydrogens is 470 g/mol. The summed E-state index contributed by atoms with van der Waals surface area (Å²) in [6.45, 7) is 5.86. The van der Waals surface area contributed by atoms with Crippen LogP contribution in [0, 0.1) is 12.3 Å². The van der Waals surface area contributed by atoms with Crippen LogP contribution in [-0.2, 0) is 14.3 Å². The number of ether oxygens (including phenoxy) is 3. The van der Waals surface area contributed by atoms with Crippen molar-refractivity contribution in [2.24, 2.45) is 0 Å². The Morgan fingerprint density at radius 1 is 1.22 bits per heavy atom. The Morgan fingerprint density at radius 3 is 2.78 bits per heavy atom. The van der Waals surface area contributed by atoms with Gasteiger partial charge in [0.1, 0.15) is 17.9 Å². The Morgan fingerprint density at radius 2 is 2.03 bits per heavy atom. The largest absolute Gasteiger partial charge is 0.492 e. The summed E-state index contributed by atoms with van der Waals surface area (Å²) in [6.07, 6.45) is 10.6. The maximum Gasteiger partial charge on any atom is 0.248 e. The first-order chi connectivity index (χ1) is 18.1. The maximum atomic E-state index is 12.8. The van der Waals surface area contributed by atoms with Gasteiger partial charge >= 0.3 is 0 Å². The molecule has 190 valence electrons. The molecule has 0 radical (unpaired) electrons. The van der Waals surface area contributed by atoms with Gasteiger partial charge in [-0.2, -0.15) is 0 Å². The van der Waals surface area contributed by atoms with Gasteiger partial charge in [-0.05, 0) is 31.2 Å². The first kappa shape index (κ1) is 24.7. The first-order valence-electron chi connectivity index (χ1n) is 12.3. The van der Waals surface area contributed by atoms with E-state index in [1.54, 1.807) is 6.07 Å². The molecule has 3 aromatic rings. The van der Waals surface area contributed by atoms with Crippen LogP contribution >= 0.6 is 0 Å². The summed E-state index contributed by atoms with van der Waals surface area (Å²) in [7, 11) is 0. The quantitative estimate of drug-likeness (QED) is 0.360. The van der Waals surface area contributed by atoms with E-state index in [0.29, 0.717) is 49.1 Å². The molecule has 2 aliphatic heterocycles. The maximum absolute atomic E-state index is 12.8. The number of fused-ring (bicyclic) bond motifs is 2. The third kappa shape index (κ3) is 5.89. The SMILES string of the molecule is C#Cc1cccc(Nc2ncnc3cc(OCC)c(NC(=O)C=CCN4C[C@@H]5OCCO[C@@H]5C4)cc23)c1. The van der Waals surface area contributed by atoms with Crippen LogP contribution in [0.25, 0.3) is 10.9 Å². The molecule has 0 aliphatic carbocycles. The van der Waals surface area contributed by atoms with Gasteiger partial charge in [-0.1, -0.05) is 18.1 Å². The number of benzene rings is 2. The van der Waals surface area contributed by atoms with E-state index >= 15 is 0 Å². The van der Waals surface area contributed by atoms with E-state index in [2.05, 4.69) is 31.4 Å². The zero-order chi connectivity index (χ0) is 25.6. The van der Waals surface area contributed by atoms with Gasteiger partial charge in [0.15, 0.2) is 0 Å². The summed E-state index contributed by atoms with van der Waals surface area (Å²) in [5.41, 5.74) is 2.78. The van der Waals surface area contributed by atoms with Crippen LogP contribution in [0.1, 0.15) is 12.5 Å². The van der Waals surface area contributed by atoms with Crippen molar-refractivity contribution in [2.45, 2.75) is 19.1 Å². The Balaban J connectivity index is 1.32. The second-order valence-corrected chi connectivity index (χ2v) is 8.80. The zero-order valence-corrected chi connectivity index (χ0v) is 20.6. The Hall–Kier alpha value is -3.97. The summed E-state index contributed by atoms with van der Waals surface area (Å²) in [5, 5.41) is 6.98. The molecule has 2 N–H and O–H groups in total. The molecule has 2 saturated heterocycles. The van der Waals surface area contributed by atoms with E-state index in [1.807, 2.05) is 43.3 Å². The van der Waals surface area contributed by atoms with Crippen LogP contribution in [-0.4, -0.2) is 72.4 Å². The van der Waals surface area contributed by atoms with E-state index in [0.717, 1.165) is 29.7 Å². The Labute approximate surface area is 215 Å². The highest BCUT2D eigenvalue weighted by Crippen LogP contribution is 2.33. The molecule has 2 aromatic carbocycles. The highest BCUT2D eigenvalue weighted by molar-refractivity contribution is 6.03. The average Bonchev–Trinajstić information content (AvgIpc) is 3.32. The molecule has 0 saturated carbocycles. The number of terminal acetylenes is 1. The topological polar surface area (TPSA) is 97.8 Å². The minimum atomic E-state index is -0.252. The van der Waals surface area contributed by atoms with Crippen molar-refractivity contribution in [1.82, 2.24) is 14.9 Å². The summed E-state index contributed by atoms with van der Waals surface area (Å²) in [5.74, 6) is 3.51. The minimum absolute atomic E-state index is 0.112. The lowest BCUT2D eigenvalue weighted by atomic mass is 10.1. The number of nitrogens with zero attached hydrogens (tertiary/aromatic N) is 3. The van der Waals surface area contributed by atoms with E-state index in [1.165, 1.54) is 12.4 Å². The van der Waals surface area contributed by atoms with Gasteiger partial charge in [0.05, 0.1) is 43.2 Å². The number of carbonyl (C=O) groups excluding carboxylic acids is 1. The van der Waals surface area contributed by atoms with Crippen LogP contribution in [0.2, 0.25) is 0 Å². The number of aromatic nitrogens is 2. The van der Waals surface area contributed by atoms with E-state index in [4.69, 9.17) is 20.6 Å². The van der Waals surface area contributed by atoms with Gasteiger partial charge < -0.3 is 24.8 Å². The summed E-state index contributed by atoms with van der Waals surface area (Å²) in [4.78, 5) is 23.8. The van der Waals surface area contributed by atoms with Gasteiger partial charge in [0.2, 0.25) is 5.91 Å². The fourth-order valence-electron chi connectivity index (χ4n) is 4.55. The lowest BCUT2D eigenvalue weighted by molar-refractivity contribution is -0.116. The molecule has 2 fully saturated rings. The molecule has 0 spiro atoms. The van der Waals surface area contributed by atoms with Crippen LogP contribution in [0.15, 0.2) is 54.9 Å². The van der Waals surface area contributed by atoms with Gasteiger partial charge in [0, 0.05) is 48.4 Å². The molecule has 9 heteroatoms. The van der Waals surface area contributed by atoms with Crippen molar-refractivity contribution in [3.8, 4) is 18.1 Å². The molecule has 1 amide bonds. The minimum Gasteiger partial charge on any atom is -0.492 e. The molecule has 37 heavy (non-hydrogen) atoms. The van der Waals surface area contributed by atoms with Gasteiger partial charge in [0.25, 0.3) is 0 Å². The van der Waals surface area contributed by atoms with Gasteiger partial charge in [-0.25, -0.2) is 9.97 Å². The van der Waals surface area contributed by atoms with E-state index < -0.39 is 0 Å². The molecule has 9 nitrogen and oxygen atoms in total. The molecule has 0 unspecified atom stereocenters. The highest BCUT2D eigenvalue weighted by Gasteiger charge is 2.35. The number of likely N-dealkylation sites (tertiary alicyclic amines) is 1.